The predicted octanol–water partition coefficient (Wildman–Crippen LogP) is 5.19. The number of aliphatic carboxylic acids is 1. The molecule has 1 unspecified atom stereocenters. The number of amides is 2. The third-order valence-electron chi connectivity index (χ3n) is 5.79. The molecule has 0 saturated heterocycles. The Morgan fingerprint density at radius 1 is 1.00 bits per heavy atom. The van der Waals surface area contributed by atoms with Crippen molar-refractivity contribution in [1.82, 2.24) is 5.32 Å². The molecule has 0 fully saturated rings. The molecule has 0 saturated carbocycles. The van der Waals surface area contributed by atoms with Crippen LogP contribution >= 0.6 is 11.6 Å². The Morgan fingerprint density at radius 3 is 2.23 bits per heavy atom. The third-order valence-corrected chi connectivity index (χ3v) is 6.08. The van der Waals surface area contributed by atoms with Crippen molar-refractivity contribution < 1.29 is 28.6 Å². The van der Waals surface area contributed by atoms with Crippen LogP contribution in [0.3, 0.4) is 0 Å². The molecular formula is C26H22ClFN2O5. The number of rotatable bonds is 8. The van der Waals surface area contributed by atoms with E-state index in [9.17, 15) is 18.8 Å². The quantitative estimate of drug-likeness (QED) is 0.398. The van der Waals surface area contributed by atoms with Crippen molar-refractivity contribution in [3.63, 3.8) is 0 Å². The number of alkyl carbamates (subject to hydrolysis) is 1. The van der Waals surface area contributed by atoms with Crippen LogP contribution < -0.4 is 10.6 Å². The van der Waals surface area contributed by atoms with Crippen molar-refractivity contribution in [2.75, 3.05) is 11.9 Å². The second-order valence-corrected chi connectivity index (χ2v) is 8.48. The normalized spacial score (nSPS) is 12.9. The van der Waals surface area contributed by atoms with Gasteiger partial charge in [-0.1, -0.05) is 60.1 Å². The van der Waals surface area contributed by atoms with Crippen LogP contribution in [0.15, 0.2) is 66.7 Å². The summed E-state index contributed by atoms with van der Waals surface area (Å²) in [6, 6.07) is 18.2. The maximum Gasteiger partial charge on any atom is 0.407 e. The molecule has 0 aromatic heterocycles. The molecule has 7 nitrogen and oxygen atoms in total. The maximum absolute atomic E-state index is 13.4. The summed E-state index contributed by atoms with van der Waals surface area (Å²) in [5.41, 5.74) is 4.43. The first-order valence-electron chi connectivity index (χ1n) is 10.9. The lowest BCUT2D eigenvalue weighted by Crippen LogP contribution is -2.44. The first kappa shape index (κ1) is 24.2. The Hall–Kier alpha value is -3.91. The lowest BCUT2D eigenvalue weighted by molar-refractivity contribution is -0.137. The van der Waals surface area contributed by atoms with Crippen molar-refractivity contribution in [3.05, 3.63) is 88.7 Å². The van der Waals surface area contributed by atoms with E-state index in [1.165, 1.54) is 12.1 Å². The number of fused-ring (bicyclic) bond motifs is 3. The van der Waals surface area contributed by atoms with E-state index in [-0.39, 0.29) is 36.1 Å². The number of carbonyl (C=O) groups excluding carboxylic acids is 2. The van der Waals surface area contributed by atoms with E-state index in [1.54, 1.807) is 0 Å². The zero-order valence-electron chi connectivity index (χ0n) is 18.5. The molecule has 1 aliphatic rings. The summed E-state index contributed by atoms with van der Waals surface area (Å²) < 4.78 is 18.9. The Morgan fingerprint density at radius 2 is 1.63 bits per heavy atom. The van der Waals surface area contributed by atoms with Crippen molar-refractivity contribution in [3.8, 4) is 11.1 Å². The van der Waals surface area contributed by atoms with Crippen LogP contribution in [0.4, 0.5) is 14.9 Å². The summed E-state index contributed by atoms with van der Waals surface area (Å²) in [7, 11) is 0. The lowest BCUT2D eigenvalue weighted by Gasteiger charge is -2.19. The highest BCUT2D eigenvalue weighted by Crippen LogP contribution is 2.44. The van der Waals surface area contributed by atoms with Crippen LogP contribution in [-0.2, 0) is 14.3 Å². The van der Waals surface area contributed by atoms with Gasteiger partial charge in [0.05, 0.1) is 5.02 Å². The van der Waals surface area contributed by atoms with E-state index >= 15 is 0 Å². The molecule has 0 spiro atoms. The highest BCUT2D eigenvalue weighted by molar-refractivity contribution is 6.31. The molecule has 1 atom stereocenters. The molecule has 0 aliphatic heterocycles. The summed E-state index contributed by atoms with van der Waals surface area (Å²) >= 11 is 5.75. The average Bonchev–Trinajstić information content (AvgIpc) is 3.16. The van der Waals surface area contributed by atoms with Gasteiger partial charge in [0.1, 0.15) is 18.5 Å². The minimum atomic E-state index is -1.19. The summed E-state index contributed by atoms with van der Waals surface area (Å²) in [5.74, 6) is -2.62. The Bertz CT molecular complexity index is 1240. The van der Waals surface area contributed by atoms with Crippen LogP contribution in [0.1, 0.15) is 29.9 Å². The number of carboxylic acid groups (broad SMARTS) is 1. The number of halogens is 2. The number of nitrogens with one attached hydrogen (secondary N) is 2. The predicted molar refractivity (Wildman–Crippen MR) is 129 cm³/mol. The van der Waals surface area contributed by atoms with Gasteiger partial charge in [0.2, 0.25) is 5.91 Å². The van der Waals surface area contributed by atoms with E-state index in [0.29, 0.717) is 0 Å². The van der Waals surface area contributed by atoms with Gasteiger partial charge in [0, 0.05) is 18.0 Å². The lowest BCUT2D eigenvalue weighted by atomic mass is 9.98. The molecule has 2 amide bonds. The zero-order valence-corrected chi connectivity index (χ0v) is 19.2. The molecule has 0 bridgehead atoms. The highest BCUT2D eigenvalue weighted by Gasteiger charge is 2.30. The number of hydrogen-bond acceptors (Lipinski definition) is 4. The smallest absolute Gasteiger partial charge is 0.407 e. The minimum absolute atomic E-state index is 0.0424. The van der Waals surface area contributed by atoms with E-state index in [4.69, 9.17) is 21.4 Å². The van der Waals surface area contributed by atoms with Gasteiger partial charge in [-0.15, -0.1) is 0 Å². The van der Waals surface area contributed by atoms with Crippen molar-refractivity contribution in [2.45, 2.75) is 24.8 Å². The van der Waals surface area contributed by atoms with Gasteiger partial charge in [0.25, 0.3) is 0 Å². The molecule has 4 rings (SSSR count). The number of carbonyl (C=O) groups is 3. The summed E-state index contributed by atoms with van der Waals surface area (Å²) in [6.07, 6.45) is -1.37. The summed E-state index contributed by atoms with van der Waals surface area (Å²) in [6.45, 7) is 0.0424. The largest absolute Gasteiger partial charge is 0.481 e. The monoisotopic (exact) mass is 496 g/mol. The SMILES string of the molecule is O=C(O)CCC(NC(=O)OCC1c2ccccc2-c2ccccc21)C(=O)Nc1ccc(F)c(Cl)c1. The van der Waals surface area contributed by atoms with Crippen LogP contribution in [0.25, 0.3) is 11.1 Å². The van der Waals surface area contributed by atoms with Crippen molar-refractivity contribution in [1.29, 1.82) is 0 Å². The van der Waals surface area contributed by atoms with Gasteiger partial charge in [-0.3, -0.25) is 9.59 Å². The molecule has 35 heavy (non-hydrogen) atoms. The molecule has 180 valence electrons. The summed E-state index contributed by atoms with van der Waals surface area (Å²) in [4.78, 5) is 36.4. The van der Waals surface area contributed by atoms with Crippen LogP contribution in [0.5, 0.6) is 0 Å². The number of hydrogen-bond donors (Lipinski definition) is 3. The molecular weight excluding hydrogens is 475 g/mol. The Kier molecular flexibility index (Phi) is 7.31. The fourth-order valence-corrected chi connectivity index (χ4v) is 4.30. The highest BCUT2D eigenvalue weighted by atomic mass is 35.5. The topological polar surface area (TPSA) is 105 Å². The number of benzene rings is 3. The van der Waals surface area contributed by atoms with E-state index < -0.39 is 29.8 Å². The Labute approximate surface area is 205 Å². The fraction of sp³-hybridized carbons (Fsp3) is 0.192. The van der Waals surface area contributed by atoms with Crippen LogP contribution in [-0.4, -0.2) is 35.7 Å². The van der Waals surface area contributed by atoms with Gasteiger partial charge in [-0.2, -0.15) is 0 Å². The average molecular weight is 497 g/mol. The zero-order chi connectivity index (χ0) is 24.9. The van der Waals surface area contributed by atoms with Crippen LogP contribution in [0, 0.1) is 5.82 Å². The van der Waals surface area contributed by atoms with Crippen molar-refractivity contribution >= 4 is 35.3 Å². The molecule has 3 aromatic carbocycles. The first-order valence-corrected chi connectivity index (χ1v) is 11.3. The standard InChI is InChI=1S/C26H22ClFN2O5/c27-21-13-15(9-10-22(21)28)29-25(33)23(11-12-24(31)32)30-26(34)35-14-20-18-7-3-1-5-16(18)17-6-2-4-8-19(17)20/h1-10,13,20,23H,11-12,14H2,(H,29,33)(H,30,34)(H,31,32). The molecule has 9 heteroatoms. The van der Waals surface area contributed by atoms with E-state index in [2.05, 4.69) is 10.6 Å². The number of ether oxygens (including phenoxy) is 1. The van der Waals surface area contributed by atoms with E-state index in [0.717, 1.165) is 28.3 Å². The Balaban J connectivity index is 1.43. The number of anilines is 1. The molecule has 1 aliphatic carbocycles. The van der Waals surface area contributed by atoms with Gasteiger partial charge < -0.3 is 20.5 Å². The minimum Gasteiger partial charge on any atom is -0.481 e. The molecule has 0 radical (unpaired) electrons. The molecule has 0 heterocycles. The van der Waals surface area contributed by atoms with Gasteiger partial charge in [-0.25, -0.2) is 9.18 Å². The van der Waals surface area contributed by atoms with E-state index in [1.807, 2.05) is 48.5 Å². The van der Waals surface area contributed by atoms with Crippen molar-refractivity contribution in [2.24, 2.45) is 0 Å². The third kappa shape index (κ3) is 5.60. The first-order chi connectivity index (χ1) is 16.8. The van der Waals surface area contributed by atoms with Gasteiger partial charge in [0.15, 0.2) is 0 Å². The second kappa shape index (κ2) is 10.6. The molecule has 3 N–H and O–H groups in total. The van der Waals surface area contributed by atoms with Crippen LogP contribution in [0.2, 0.25) is 5.02 Å². The fourth-order valence-electron chi connectivity index (χ4n) is 4.12. The van der Waals surface area contributed by atoms with Gasteiger partial charge >= 0.3 is 12.1 Å². The van der Waals surface area contributed by atoms with Gasteiger partial charge in [-0.05, 0) is 46.9 Å². The maximum atomic E-state index is 13.4. The summed E-state index contributed by atoms with van der Waals surface area (Å²) in [5, 5.41) is 13.8. The second-order valence-electron chi connectivity index (χ2n) is 8.07. The number of carboxylic acids is 1. The molecule has 3 aromatic rings.